The Bertz CT molecular complexity index is 1340. The van der Waals surface area contributed by atoms with Crippen LogP contribution in [-0.2, 0) is 32.1 Å². The maximum atomic E-state index is 12.5. The Hall–Kier alpha value is -4.92. The van der Waals surface area contributed by atoms with Gasteiger partial charge < -0.3 is 25.3 Å². The van der Waals surface area contributed by atoms with Gasteiger partial charge in [0.1, 0.15) is 18.2 Å². The Balaban J connectivity index is 1.56. The normalized spacial score (nSPS) is 10.6. The molecule has 208 valence electrons. The second kappa shape index (κ2) is 15.5. The molecule has 0 atom stereocenters. The van der Waals surface area contributed by atoms with E-state index in [2.05, 4.69) is 10.1 Å². The van der Waals surface area contributed by atoms with Crippen molar-refractivity contribution in [1.29, 1.82) is 5.41 Å². The third-order valence-corrected chi connectivity index (χ3v) is 5.86. The molecule has 0 aliphatic rings. The van der Waals surface area contributed by atoms with E-state index in [1.54, 1.807) is 30.3 Å². The largest absolute Gasteiger partial charge is 0.481 e. The topological polar surface area (TPSA) is 141 Å². The molecule has 40 heavy (non-hydrogen) atoms. The lowest BCUT2D eigenvalue weighted by Crippen LogP contribution is -2.25. The number of nitrogens with one attached hydrogen (secondary N) is 2. The second-order valence-corrected chi connectivity index (χ2v) is 8.82. The van der Waals surface area contributed by atoms with Crippen LogP contribution in [0.25, 0.3) is 6.08 Å². The van der Waals surface area contributed by atoms with Gasteiger partial charge in [0, 0.05) is 29.7 Å². The predicted molar refractivity (Wildman–Crippen MR) is 152 cm³/mol. The lowest BCUT2D eigenvalue weighted by molar-refractivity contribution is -0.145. The van der Waals surface area contributed by atoms with Gasteiger partial charge in [0.2, 0.25) is 0 Å². The molecule has 9 heteroatoms. The average molecular weight is 544 g/mol. The summed E-state index contributed by atoms with van der Waals surface area (Å²) in [5.41, 5.74) is 9.08. The quantitative estimate of drug-likeness (QED) is 0.158. The average Bonchev–Trinajstić information content (AvgIpc) is 2.98. The van der Waals surface area contributed by atoms with Crippen molar-refractivity contribution in [2.75, 3.05) is 20.3 Å². The lowest BCUT2D eigenvalue weighted by Gasteiger charge is -2.11. The molecule has 3 aromatic rings. The van der Waals surface area contributed by atoms with Gasteiger partial charge in [-0.15, -0.1) is 0 Å². The molecular formula is C31H33N3O6. The molecule has 0 aliphatic heterocycles. The van der Waals surface area contributed by atoms with Gasteiger partial charge in [-0.2, -0.15) is 0 Å². The molecule has 9 nitrogen and oxygen atoms in total. The Morgan fingerprint density at radius 3 is 2.35 bits per heavy atom. The van der Waals surface area contributed by atoms with Crippen LogP contribution in [0.2, 0.25) is 0 Å². The van der Waals surface area contributed by atoms with Crippen LogP contribution >= 0.6 is 0 Å². The summed E-state index contributed by atoms with van der Waals surface area (Å²) in [6, 6.07) is 21.5. The molecule has 0 fully saturated rings. The van der Waals surface area contributed by atoms with Crippen molar-refractivity contribution in [3.63, 3.8) is 0 Å². The lowest BCUT2D eigenvalue weighted by atomic mass is 10.1. The second-order valence-electron chi connectivity index (χ2n) is 8.82. The number of benzene rings is 3. The molecule has 0 spiro atoms. The van der Waals surface area contributed by atoms with Crippen molar-refractivity contribution in [3.05, 3.63) is 107 Å². The number of amides is 1. The van der Waals surface area contributed by atoms with Crippen molar-refractivity contribution < 1.29 is 28.6 Å². The van der Waals surface area contributed by atoms with Crippen LogP contribution in [0, 0.1) is 5.41 Å². The van der Waals surface area contributed by atoms with Gasteiger partial charge in [0.15, 0.2) is 6.61 Å². The molecule has 0 bridgehead atoms. The smallest absolute Gasteiger partial charge is 0.343 e. The molecule has 4 N–H and O–H groups in total. The van der Waals surface area contributed by atoms with Crippen LogP contribution in [-0.4, -0.2) is 43.9 Å². The summed E-state index contributed by atoms with van der Waals surface area (Å²) in [5.74, 6) is -0.590. The monoisotopic (exact) mass is 543 g/mol. The van der Waals surface area contributed by atoms with Crippen LogP contribution in [0.15, 0.2) is 78.9 Å². The first-order valence-electron chi connectivity index (χ1n) is 12.8. The maximum Gasteiger partial charge on any atom is 0.343 e. The third kappa shape index (κ3) is 9.75. The minimum atomic E-state index is -0.501. The van der Waals surface area contributed by atoms with Crippen molar-refractivity contribution in [2.45, 2.75) is 25.9 Å². The van der Waals surface area contributed by atoms with Crippen molar-refractivity contribution in [1.82, 2.24) is 5.32 Å². The first kappa shape index (κ1) is 29.6. The molecule has 0 aromatic heterocycles. The number of hydrogen-bond donors (Lipinski definition) is 3. The number of carbonyl (C=O) groups excluding carboxylic acids is 3. The van der Waals surface area contributed by atoms with E-state index >= 15 is 0 Å². The van der Waals surface area contributed by atoms with E-state index in [0.717, 1.165) is 16.7 Å². The van der Waals surface area contributed by atoms with E-state index in [-0.39, 0.29) is 37.3 Å². The van der Waals surface area contributed by atoms with Crippen LogP contribution in [0.3, 0.4) is 0 Å². The van der Waals surface area contributed by atoms with E-state index in [9.17, 15) is 14.4 Å². The molecule has 3 aromatic carbocycles. The highest BCUT2D eigenvalue weighted by Gasteiger charge is 2.09. The molecule has 1 amide bonds. The summed E-state index contributed by atoms with van der Waals surface area (Å²) in [5, 5.41) is 10.3. The number of nitrogens with two attached hydrogens (primary N) is 1. The molecule has 0 saturated carbocycles. The molecule has 0 unspecified atom stereocenters. The number of rotatable bonds is 14. The first-order chi connectivity index (χ1) is 19.4. The molecule has 0 saturated heterocycles. The molecule has 0 aliphatic carbocycles. The zero-order valence-electron chi connectivity index (χ0n) is 22.4. The van der Waals surface area contributed by atoms with E-state index in [4.69, 9.17) is 20.6 Å². The van der Waals surface area contributed by atoms with Gasteiger partial charge in [-0.05, 0) is 48.2 Å². The van der Waals surface area contributed by atoms with Gasteiger partial charge in [0.05, 0.1) is 7.11 Å². The summed E-state index contributed by atoms with van der Waals surface area (Å²) >= 11 is 0. The van der Waals surface area contributed by atoms with Crippen LogP contribution in [0.5, 0.6) is 5.75 Å². The van der Waals surface area contributed by atoms with E-state index in [0.29, 0.717) is 36.3 Å². The fourth-order valence-electron chi connectivity index (χ4n) is 3.66. The van der Waals surface area contributed by atoms with Crippen LogP contribution in [0.1, 0.15) is 45.5 Å². The number of carbonyl (C=O) groups is 3. The summed E-state index contributed by atoms with van der Waals surface area (Å²) in [7, 11) is 1.29. The van der Waals surface area contributed by atoms with Crippen LogP contribution in [0.4, 0.5) is 0 Å². The number of ether oxygens (including phenoxy) is 3. The standard InChI is InChI=1S/C31H33N3O6/c1-38-29(36)21-39-27-16-11-22(17-18-34-31(37)25-14-12-24(13-15-25)30(32)33)19-26(27)9-5-6-10-28(35)40-20-23-7-3-2-4-8-23/h2-5,7-9,11-16,19H,6,10,17-18,20-21H2,1H3,(H3,32,33)(H,34,37). The van der Waals surface area contributed by atoms with Crippen LogP contribution < -0.4 is 15.8 Å². The molecular weight excluding hydrogens is 510 g/mol. The summed E-state index contributed by atoms with van der Waals surface area (Å²) in [6.45, 7) is 0.393. The van der Waals surface area contributed by atoms with Crippen molar-refractivity contribution >= 4 is 29.8 Å². The van der Waals surface area contributed by atoms with Gasteiger partial charge in [-0.25, -0.2) is 4.79 Å². The van der Waals surface area contributed by atoms with Crippen molar-refractivity contribution in [2.24, 2.45) is 5.73 Å². The van der Waals surface area contributed by atoms with Gasteiger partial charge in [-0.1, -0.05) is 60.7 Å². The highest BCUT2D eigenvalue weighted by Crippen LogP contribution is 2.23. The van der Waals surface area contributed by atoms with Gasteiger partial charge >= 0.3 is 11.9 Å². The first-order valence-corrected chi connectivity index (χ1v) is 12.8. The number of methoxy groups -OCH3 is 1. The Labute approximate surface area is 233 Å². The fraction of sp³-hybridized carbons (Fsp3) is 0.226. The third-order valence-electron chi connectivity index (χ3n) is 5.86. The zero-order chi connectivity index (χ0) is 28.7. The number of amidine groups is 1. The van der Waals surface area contributed by atoms with Crippen molar-refractivity contribution in [3.8, 4) is 5.75 Å². The number of nitrogen functional groups attached to an aromatic ring is 1. The molecule has 3 rings (SSSR count). The number of esters is 2. The highest BCUT2D eigenvalue weighted by molar-refractivity contribution is 5.98. The van der Waals surface area contributed by atoms with Gasteiger partial charge in [0.25, 0.3) is 5.91 Å². The summed E-state index contributed by atoms with van der Waals surface area (Å²) in [6.07, 6.45) is 4.92. The minimum Gasteiger partial charge on any atom is -0.481 e. The number of allylic oxidation sites excluding steroid dienone is 1. The number of hydrogen-bond acceptors (Lipinski definition) is 7. The van der Waals surface area contributed by atoms with E-state index < -0.39 is 5.97 Å². The zero-order valence-corrected chi connectivity index (χ0v) is 22.4. The van der Waals surface area contributed by atoms with E-state index in [1.807, 2.05) is 54.6 Å². The minimum absolute atomic E-state index is 0.0567. The van der Waals surface area contributed by atoms with E-state index in [1.165, 1.54) is 7.11 Å². The Kier molecular flexibility index (Phi) is 11.5. The Morgan fingerprint density at radius 2 is 1.65 bits per heavy atom. The summed E-state index contributed by atoms with van der Waals surface area (Å²) in [4.78, 5) is 36.1. The molecule has 0 radical (unpaired) electrons. The Morgan fingerprint density at radius 1 is 0.925 bits per heavy atom. The maximum absolute atomic E-state index is 12.5. The predicted octanol–water partition coefficient (Wildman–Crippen LogP) is 4.03. The SMILES string of the molecule is COC(=O)COc1ccc(CCNC(=O)c2ccc(C(=N)N)cc2)cc1C=CCCC(=O)OCc1ccccc1. The van der Waals surface area contributed by atoms with Gasteiger partial charge in [-0.3, -0.25) is 15.0 Å². The molecule has 0 heterocycles. The highest BCUT2D eigenvalue weighted by atomic mass is 16.6. The summed E-state index contributed by atoms with van der Waals surface area (Å²) < 4.78 is 15.6. The fourth-order valence-corrected chi connectivity index (χ4v) is 3.66.